The first-order valence-electron chi connectivity index (χ1n) is 10.8. The Balaban J connectivity index is 1.83. The van der Waals surface area contributed by atoms with Crippen molar-refractivity contribution in [3.63, 3.8) is 0 Å². The van der Waals surface area contributed by atoms with Gasteiger partial charge in [0.1, 0.15) is 0 Å². The van der Waals surface area contributed by atoms with Crippen molar-refractivity contribution in [1.29, 1.82) is 0 Å². The predicted molar refractivity (Wildman–Crippen MR) is 120 cm³/mol. The normalized spacial score (nSPS) is 10.6. The van der Waals surface area contributed by atoms with Gasteiger partial charge in [-0.3, -0.25) is 9.59 Å². The molecule has 0 fully saturated rings. The molecule has 7 heteroatoms. The minimum Gasteiger partial charge on any atom is -0.490 e. The van der Waals surface area contributed by atoms with E-state index in [2.05, 4.69) is 10.5 Å². The quantitative estimate of drug-likeness (QED) is 0.437. The van der Waals surface area contributed by atoms with Crippen LogP contribution in [0.2, 0.25) is 0 Å². The van der Waals surface area contributed by atoms with Crippen LogP contribution in [0.1, 0.15) is 64.4 Å². The number of amides is 1. The second-order valence-corrected chi connectivity index (χ2v) is 7.35. The summed E-state index contributed by atoms with van der Waals surface area (Å²) in [6.45, 7) is 7.09. The third kappa shape index (κ3) is 5.75. The van der Waals surface area contributed by atoms with E-state index >= 15 is 0 Å². The Bertz CT molecular complexity index is 1070. The Labute approximate surface area is 187 Å². The van der Waals surface area contributed by atoms with E-state index in [0.717, 1.165) is 18.5 Å². The minimum absolute atomic E-state index is 0.181. The van der Waals surface area contributed by atoms with Gasteiger partial charge < -0.3 is 19.3 Å². The standard InChI is InChI=1S/C25H28N2O5/c1-4-12-30-22-11-10-18(15-23(22)31-13-5-2)24(28)20-8-6-7-9-21(20)25(29)26-16-19-14-17(3)27-32-19/h6-11,14-15H,4-5,12-13,16H2,1-3H3,(H,26,29). The highest BCUT2D eigenvalue weighted by molar-refractivity contribution is 6.15. The van der Waals surface area contributed by atoms with Crippen LogP contribution in [0.25, 0.3) is 0 Å². The second-order valence-electron chi connectivity index (χ2n) is 7.35. The Morgan fingerprint density at radius 1 is 0.938 bits per heavy atom. The van der Waals surface area contributed by atoms with E-state index in [9.17, 15) is 9.59 Å². The van der Waals surface area contributed by atoms with Crippen LogP contribution in [0.5, 0.6) is 11.5 Å². The Hall–Kier alpha value is -3.61. The molecule has 0 aliphatic rings. The van der Waals surface area contributed by atoms with Crippen LogP contribution < -0.4 is 14.8 Å². The summed E-state index contributed by atoms with van der Waals surface area (Å²) >= 11 is 0. The van der Waals surface area contributed by atoms with Crippen LogP contribution in [0.4, 0.5) is 0 Å². The van der Waals surface area contributed by atoms with Gasteiger partial charge in [0.15, 0.2) is 23.0 Å². The molecule has 0 atom stereocenters. The summed E-state index contributed by atoms with van der Waals surface area (Å²) in [5.74, 6) is 1.03. The molecule has 0 spiro atoms. The monoisotopic (exact) mass is 436 g/mol. The second kappa shape index (κ2) is 11.1. The highest BCUT2D eigenvalue weighted by atomic mass is 16.5. The minimum atomic E-state index is -0.367. The third-order valence-corrected chi connectivity index (χ3v) is 4.65. The van der Waals surface area contributed by atoms with E-state index in [1.807, 2.05) is 13.8 Å². The van der Waals surface area contributed by atoms with Gasteiger partial charge in [-0.1, -0.05) is 37.2 Å². The van der Waals surface area contributed by atoms with Gasteiger partial charge in [-0.15, -0.1) is 0 Å². The van der Waals surface area contributed by atoms with Crippen molar-refractivity contribution in [3.05, 3.63) is 76.7 Å². The van der Waals surface area contributed by atoms with Crippen LogP contribution >= 0.6 is 0 Å². The third-order valence-electron chi connectivity index (χ3n) is 4.65. The molecule has 0 aliphatic carbocycles. The summed E-state index contributed by atoms with van der Waals surface area (Å²) in [5.41, 5.74) is 1.75. The Kier molecular flexibility index (Phi) is 8.02. The van der Waals surface area contributed by atoms with Crippen molar-refractivity contribution in [1.82, 2.24) is 10.5 Å². The smallest absolute Gasteiger partial charge is 0.252 e. The first-order valence-corrected chi connectivity index (χ1v) is 10.8. The Morgan fingerprint density at radius 2 is 1.62 bits per heavy atom. The fourth-order valence-electron chi connectivity index (χ4n) is 3.10. The van der Waals surface area contributed by atoms with Crippen LogP contribution in [0.15, 0.2) is 53.1 Å². The zero-order valence-electron chi connectivity index (χ0n) is 18.6. The molecular formula is C25H28N2O5. The number of aryl methyl sites for hydroxylation is 1. The fourth-order valence-corrected chi connectivity index (χ4v) is 3.10. The highest BCUT2D eigenvalue weighted by Crippen LogP contribution is 2.30. The lowest BCUT2D eigenvalue weighted by Crippen LogP contribution is -2.25. The molecule has 1 N–H and O–H groups in total. The summed E-state index contributed by atoms with van der Waals surface area (Å²) in [5, 5.41) is 6.58. The Morgan fingerprint density at radius 3 is 2.28 bits per heavy atom. The number of aromatic nitrogens is 1. The van der Waals surface area contributed by atoms with Gasteiger partial charge in [0.2, 0.25) is 0 Å². The van der Waals surface area contributed by atoms with Crippen molar-refractivity contribution in [3.8, 4) is 11.5 Å². The summed E-state index contributed by atoms with van der Waals surface area (Å²) in [6.07, 6.45) is 1.70. The summed E-state index contributed by atoms with van der Waals surface area (Å²) < 4.78 is 16.7. The number of nitrogens with one attached hydrogen (secondary N) is 1. The largest absolute Gasteiger partial charge is 0.490 e. The van der Waals surface area contributed by atoms with E-state index in [4.69, 9.17) is 14.0 Å². The van der Waals surface area contributed by atoms with Crippen molar-refractivity contribution >= 4 is 11.7 Å². The van der Waals surface area contributed by atoms with Gasteiger partial charge in [0.25, 0.3) is 5.91 Å². The molecule has 1 amide bonds. The first kappa shape index (κ1) is 23.1. The van der Waals surface area contributed by atoms with E-state index in [-0.39, 0.29) is 23.8 Å². The van der Waals surface area contributed by atoms with Crippen LogP contribution in [-0.2, 0) is 6.54 Å². The fraction of sp³-hybridized carbons (Fsp3) is 0.320. The first-order chi connectivity index (χ1) is 15.5. The predicted octanol–water partition coefficient (Wildman–Crippen LogP) is 4.72. The topological polar surface area (TPSA) is 90.7 Å². The molecule has 0 radical (unpaired) electrons. The average molecular weight is 437 g/mol. The number of hydrogen-bond acceptors (Lipinski definition) is 6. The molecule has 0 bridgehead atoms. The lowest BCUT2D eigenvalue weighted by Gasteiger charge is -2.14. The van der Waals surface area contributed by atoms with Crippen molar-refractivity contribution in [2.75, 3.05) is 13.2 Å². The van der Waals surface area contributed by atoms with Crippen LogP contribution in [0, 0.1) is 6.92 Å². The van der Waals surface area contributed by atoms with E-state index in [0.29, 0.717) is 41.6 Å². The van der Waals surface area contributed by atoms with E-state index < -0.39 is 0 Å². The van der Waals surface area contributed by atoms with Gasteiger partial charge in [-0.25, -0.2) is 0 Å². The molecule has 7 nitrogen and oxygen atoms in total. The number of carbonyl (C=O) groups is 2. The number of hydrogen-bond donors (Lipinski definition) is 1. The van der Waals surface area contributed by atoms with Crippen molar-refractivity contribution in [2.24, 2.45) is 0 Å². The molecular weight excluding hydrogens is 408 g/mol. The summed E-state index contributed by atoms with van der Waals surface area (Å²) in [6, 6.07) is 13.6. The average Bonchev–Trinajstić information content (AvgIpc) is 3.24. The number of benzene rings is 2. The zero-order chi connectivity index (χ0) is 22.9. The molecule has 32 heavy (non-hydrogen) atoms. The maximum Gasteiger partial charge on any atom is 0.252 e. The molecule has 0 saturated heterocycles. The lowest BCUT2D eigenvalue weighted by atomic mass is 9.97. The molecule has 3 rings (SSSR count). The molecule has 1 heterocycles. The van der Waals surface area contributed by atoms with Gasteiger partial charge in [-0.05, 0) is 44.0 Å². The van der Waals surface area contributed by atoms with Gasteiger partial charge >= 0.3 is 0 Å². The van der Waals surface area contributed by atoms with Crippen molar-refractivity contribution in [2.45, 2.75) is 40.2 Å². The molecule has 0 saturated carbocycles. The van der Waals surface area contributed by atoms with E-state index in [1.54, 1.807) is 55.5 Å². The molecule has 0 aliphatic heterocycles. The zero-order valence-corrected chi connectivity index (χ0v) is 18.6. The van der Waals surface area contributed by atoms with Crippen molar-refractivity contribution < 1.29 is 23.6 Å². The van der Waals surface area contributed by atoms with Gasteiger partial charge in [0, 0.05) is 17.2 Å². The lowest BCUT2D eigenvalue weighted by molar-refractivity contribution is 0.0936. The highest BCUT2D eigenvalue weighted by Gasteiger charge is 2.20. The SMILES string of the molecule is CCCOc1ccc(C(=O)c2ccccc2C(=O)NCc2cc(C)no2)cc1OCCC. The summed E-state index contributed by atoms with van der Waals surface area (Å²) in [7, 11) is 0. The number of ether oxygens (including phenoxy) is 2. The van der Waals surface area contributed by atoms with Gasteiger partial charge in [0.05, 0.1) is 31.0 Å². The molecule has 3 aromatic rings. The van der Waals surface area contributed by atoms with Gasteiger partial charge in [-0.2, -0.15) is 0 Å². The number of carbonyl (C=O) groups excluding carboxylic acids is 2. The maximum atomic E-state index is 13.3. The maximum absolute atomic E-state index is 13.3. The molecule has 168 valence electrons. The molecule has 1 aromatic heterocycles. The summed E-state index contributed by atoms with van der Waals surface area (Å²) in [4.78, 5) is 26.1. The number of ketones is 1. The number of rotatable bonds is 11. The van der Waals surface area contributed by atoms with Crippen LogP contribution in [-0.4, -0.2) is 30.1 Å². The van der Waals surface area contributed by atoms with E-state index in [1.165, 1.54) is 0 Å². The molecule has 0 unspecified atom stereocenters. The number of nitrogens with zero attached hydrogens (tertiary/aromatic N) is 1. The van der Waals surface area contributed by atoms with Crippen LogP contribution in [0.3, 0.4) is 0 Å². The molecule has 2 aromatic carbocycles.